The van der Waals surface area contributed by atoms with Crippen molar-refractivity contribution >= 4 is 11.6 Å². The van der Waals surface area contributed by atoms with E-state index in [9.17, 15) is 0 Å². The summed E-state index contributed by atoms with van der Waals surface area (Å²) in [4.78, 5) is 4.17. The molecule has 2 aromatic heterocycles. The highest BCUT2D eigenvalue weighted by atomic mass is 35.5. The summed E-state index contributed by atoms with van der Waals surface area (Å²) < 4.78 is 0. The van der Waals surface area contributed by atoms with E-state index in [0.29, 0.717) is 12.0 Å². The molecule has 1 aliphatic rings. The van der Waals surface area contributed by atoms with Crippen LogP contribution in [0, 0.1) is 0 Å². The lowest BCUT2D eigenvalue weighted by atomic mass is 9.81. The molecule has 2 N–H and O–H groups in total. The lowest BCUT2D eigenvalue weighted by Gasteiger charge is -2.28. The number of aromatic amines is 1. The van der Waals surface area contributed by atoms with Crippen LogP contribution in [0.3, 0.4) is 0 Å². The van der Waals surface area contributed by atoms with Gasteiger partial charge in [0.15, 0.2) is 0 Å². The molecule has 0 saturated heterocycles. The zero-order chi connectivity index (χ0) is 17.9. The molecule has 2 heterocycles. The predicted molar refractivity (Wildman–Crippen MR) is 106 cm³/mol. The average molecular weight is 367 g/mol. The standard InChI is InChI=1S/C21H23ClN4/c1-23-18-7-5-15(6-8-18)20-19(14-9-11-24-12-10-14)21(26-25-20)16-3-2-4-17(22)13-16/h2-4,9-13,15,18,23H,5-8H2,1H3,(H,25,26)/t15-,18+. The zero-order valence-corrected chi connectivity index (χ0v) is 15.6. The third-order valence-corrected chi connectivity index (χ3v) is 5.64. The zero-order valence-electron chi connectivity index (χ0n) is 14.9. The van der Waals surface area contributed by atoms with E-state index in [2.05, 4.69) is 40.6 Å². The van der Waals surface area contributed by atoms with Gasteiger partial charge >= 0.3 is 0 Å². The summed E-state index contributed by atoms with van der Waals surface area (Å²) in [7, 11) is 2.06. The second-order valence-electron chi connectivity index (χ2n) is 6.94. The van der Waals surface area contributed by atoms with E-state index in [-0.39, 0.29) is 0 Å². The van der Waals surface area contributed by atoms with E-state index < -0.39 is 0 Å². The fraction of sp³-hybridized carbons (Fsp3) is 0.333. The number of aromatic nitrogens is 3. The second-order valence-corrected chi connectivity index (χ2v) is 7.38. The number of rotatable bonds is 4. The SMILES string of the molecule is CN[C@H]1CC[C@@H](c2[nH]nc(-c3cccc(Cl)c3)c2-c2ccncc2)CC1. The smallest absolute Gasteiger partial charge is 0.100 e. The summed E-state index contributed by atoms with van der Waals surface area (Å²) in [6, 6.07) is 12.7. The van der Waals surface area contributed by atoms with Crippen molar-refractivity contribution in [2.75, 3.05) is 7.05 Å². The van der Waals surface area contributed by atoms with Gasteiger partial charge in [0, 0.05) is 46.2 Å². The molecule has 26 heavy (non-hydrogen) atoms. The van der Waals surface area contributed by atoms with Crippen LogP contribution >= 0.6 is 11.6 Å². The van der Waals surface area contributed by atoms with Crippen molar-refractivity contribution < 1.29 is 0 Å². The Labute approximate surface area is 159 Å². The Morgan fingerprint density at radius 1 is 1.04 bits per heavy atom. The topological polar surface area (TPSA) is 53.6 Å². The Bertz CT molecular complexity index is 867. The maximum absolute atomic E-state index is 6.23. The Kier molecular flexibility index (Phi) is 5.05. The van der Waals surface area contributed by atoms with Gasteiger partial charge in [-0.1, -0.05) is 23.7 Å². The van der Waals surface area contributed by atoms with E-state index in [4.69, 9.17) is 16.7 Å². The highest BCUT2D eigenvalue weighted by Gasteiger charge is 2.27. The van der Waals surface area contributed by atoms with Crippen molar-refractivity contribution in [2.24, 2.45) is 0 Å². The number of nitrogens with zero attached hydrogens (tertiary/aromatic N) is 2. The maximum Gasteiger partial charge on any atom is 0.100 e. The normalized spacial score (nSPS) is 20.2. The summed E-state index contributed by atoms with van der Waals surface area (Å²) in [5.74, 6) is 0.503. The summed E-state index contributed by atoms with van der Waals surface area (Å²) in [5.41, 5.74) is 5.57. The quantitative estimate of drug-likeness (QED) is 0.680. The minimum Gasteiger partial charge on any atom is -0.317 e. The second kappa shape index (κ2) is 7.60. The molecule has 3 aromatic rings. The van der Waals surface area contributed by atoms with Gasteiger partial charge < -0.3 is 5.32 Å². The molecule has 0 unspecified atom stereocenters. The highest BCUT2D eigenvalue weighted by molar-refractivity contribution is 6.30. The molecule has 4 rings (SSSR count). The van der Waals surface area contributed by atoms with Crippen molar-refractivity contribution in [3.63, 3.8) is 0 Å². The number of halogens is 1. The van der Waals surface area contributed by atoms with Gasteiger partial charge in [0.05, 0.1) is 0 Å². The van der Waals surface area contributed by atoms with Gasteiger partial charge in [-0.15, -0.1) is 0 Å². The van der Waals surface area contributed by atoms with Crippen LogP contribution < -0.4 is 5.32 Å². The van der Waals surface area contributed by atoms with Crippen molar-refractivity contribution in [1.82, 2.24) is 20.5 Å². The minimum absolute atomic E-state index is 0.503. The Morgan fingerprint density at radius 3 is 2.50 bits per heavy atom. The molecular weight excluding hydrogens is 344 g/mol. The molecule has 1 aromatic carbocycles. The van der Waals surface area contributed by atoms with Crippen LogP contribution in [0.15, 0.2) is 48.8 Å². The average Bonchev–Trinajstić information content (AvgIpc) is 3.14. The van der Waals surface area contributed by atoms with Gasteiger partial charge in [-0.3, -0.25) is 10.1 Å². The lowest BCUT2D eigenvalue weighted by molar-refractivity contribution is 0.355. The van der Waals surface area contributed by atoms with Gasteiger partial charge in [0.25, 0.3) is 0 Å². The van der Waals surface area contributed by atoms with Crippen molar-refractivity contribution in [1.29, 1.82) is 0 Å². The number of nitrogens with one attached hydrogen (secondary N) is 2. The number of hydrogen-bond acceptors (Lipinski definition) is 3. The first kappa shape index (κ1) is 17.3. The Hall–Kier alpha value is -2.17. The van der Waals surface area contributed by atoms with Gasteiger partial charge in [-0.2, -0.15) is 5.10 Å². The van der Waals surface area contributed by atoms with Crippen LogP contribution in [0.1, 0.15) is 37.3 Å². The molecule has 4 nitrogen and oxygen atoms in total. The molecule has 1 saturated carbocycles. The van der Waals surface area contributed by atoms with Crippen LogP contribution in [0.5, 0.6) is 0 Å². The summed E-state index contributed by atoms with van der Waals surface area (Å²) in [5, 5.41) is 12.2. The number of H-pyrrole nitrogens is 1. The Morgan fingerprint density at radius 2 is 1.81 bits per heavy atom. The maximum atomic E-state index is 6.23. The van der Waals surface area contributed by atoms with Crippen LogP contribution in [0.25, 0.3) is 22.4 Å². The molecule has 0 spiro atoms. The molecule has 1 aliphatic carbocycles. The summed E-state index contributed by atoms with van der Waals surface area (Å²) in [6.45, 7) is 0. The van der Waals surface area contributed by atoms with E-state index in [1.807, 2.05) is 30.6 Å². The van der Waals surface area contributed by atoms with Crippen LogP contribution in [-0.2, 0) is 0 Å². The predicted octanol–water partition coefficient (Wildman–Crippen LogP) is 5.04. The van der Waals surface area contributed by atoms with E-state index in [1.54, 1.807) is 0 Å². The molecule has 0 bridgehead atoms. The van der Waals surface area contributed by atoms with Crippen LogP contribution in [-0.4, -0.2) is 28.3 Å². The molecule has 5 heteroatoms. The third kappa shape index (κ3) is 3.39. The van der Waals surface area contributed by atoms with Gasteiger partial charge in [-0.05, 0) is 62.6 Å². The van der Waals surface area contributed by atoms with Crippen molar-refractivity contribution in [3.05, 3.63) is 59.5 Å². The molecular formula is C21H23ClN4. The first-order chi connectivity index (χ1) is 12.8. The fourth-order valence-corrected chi connectivity index (χ4v) is 4.17. The van der Waals surface area contributed by atoms with Crippen molar-refractivity contribution in [3.8, 4) is 22.4 Å². The lowest BCUT2D eigenvalue weighted by Crippen LogP contribution is -2.29. The molecule has 0 radical (unpaired) electrons. The van der Waals surface area contributed by atoms with Crippen LogP contribution in [0.4, 0.5) is 0 Å². The summed E-state index contributed by atoms with van der Waals surface area (Å²) >= 11 is 6.23. The van der Waals surface area contributed by atoms with Gasteiger partial charge in [0.2, 0.25) is 0 Å². The number of pyridine rings is 1. The first-order valence-corrected chi connectivity index (χ1v) is 9.56. The number of benzene rings is 1. The largest absolute Gasteiger partial charge is 0.317 e. The highest BCUT2D eigenvalue weighted by Crippen LogP contribution is 2.41. The van der Waals surface area contributed by atoms with E-state index >= 15 is 0 Å². The molecule has 0 amide bonds. The Balaban J connectivity index is 1.78. The molecule has 1 fully saturated rings. The monoisotopic (exact) mass is 366 g/mol. The van der Waals surface area contributed by atoms with Crippen molar-refractivity contribution in [2.45, 2.75) is 37.6 Å². The fourth-order valence-electron chi connectivity index (χ4n) is 3.98. The summed E-state index contributed by atoms with van der Waals surface area (Å²) in [6.07, 6.45) is 8.41. The van der Waals surface area contributed by atoms with E-state index in [0.717, 1.165) is 21.8 Å². The van der Waals surface area contributed by atoms with E-state index in [1.165, 1.54) is 36.9 Å². The number of hydrogen-bond donors (Lipinski definition) is 2. The first-order valence-electron chi connectivity index (χ1n) is 9.18. The molecule has 0 aliphatic heterocycles. The van der Waals surface area contributed by atoms with Crippen LogP contribution in [0.2, 0.25) is 5.02 Å². The van der Waals surface area contributed by atoms with Gasteiger partial charge in [-0.25, -0.2) is 0 Å². The minimum atomic E-state index is 0.503. The molecule has 0 atom stereocenters. The third-order valence-electron chi connectivity index (χ3n) is 5.41. The van der Waals surface area contributed by atoms with Gasteiger partial charge in [0.1, 0.15) is 5.69 Å². The molecule has 134 valence electrons.